The summed E-state index contributed by atoms with van der Waals surface area (Å²) >= 11 is 17.0. The molecule has 0 spiro atoms. The molecule has 0 aromatic heterocycles. The van der Waals surface area contributed by atoms with Crippen LogP contribution in [0.3, 0.4) is 0 Å². The number of thiocarbonyl (C=S) groups is 1. The van der Waals surface area contributed by atoms with Gasteiger partial charge in [0.1, 0.15) is 12.4 Å². The van der Waals surface area contributed by atoms with Crippen molar-refractivity contribution in [1.29, 1.82) is 0 Å². The van der Waals surface area contributed by atoms with Crippen molar-refractivity contribution in [2.45, 2.75) is 6.61 Å². The second kappa shape index (κ2) is 7.98. The molecular weight excluding hydrogens is 341 g/mol. The third-order valence-electron chi connectivity index (χ3n) is 2.67. The number of halogens is 2. The van der Waals surface area contributed by atoms with Gasteiger partial charge in [-0.25, -0.2) is 0 Å². The zero-order valence-corrected chi connectivity index (χ0v) is 13.8. The third kappa shape index (κ3) is 4.87. The minimum absolute atomic E-state index is 0.0614. The predicted octanol–water partition coefficient (Wildman–Crippen LogP) is 3.74. The highest BCUT2D eigenvalue weighted by Crippen LogP contribution is 2.29. The molecule has 114 valence electrons. The lowest BCUT2D eigenvalue weighted by atomic mass is 10.2. The Labute approximate surface area is 143 Å². The number of nitrogens with zero attached hydrogens (tertiary/aromatic N) is 1. The second-order valence-corrected chi connectivity index (χ2v) is 5.56. The minimum atomic E-state index is 0.0614. The first-order valence-corrected chi connectivity index (χ1v) is 7.47. The van der Waals surface area contributed by atoms with Gasteiger partial charge in [-0.1, -0.05) is 53.5 Å². The van der Waals surface area contributed by atoms with E-state index in [1.165, 1.54) is 6.21 Å². The third-order valence-corrected chi connectivity index (χ3v) is 3.39. The van der Waals surface area contributed by atoms with Crippen LogP contribution in [0.5, 0.6) is 5.75 Å². The van der Waals surface area contributed by atoms with E-state index in [9.17, 15) is 0 Å². The Kier molecular flexibility index (Phi) is 6.00. The summed E-state index contributed by atoms with van der Waals surface area (Å²) < 4.78 is 5.68. The van der Waals surface area contributed by atoms with Crippen LogP contribution in [0.2, 0.25) is 10.0 Å². The zero-order chi connectivity index (χ0) is 15.9. The molecule has 2 rings (SSSR count). The topological polar surface area (TPSA) is 59.6 Å². The van der Waals surface area contributed by atoms with Crippen molar-refractivity contribution in [3.63, 3.8) is 0 Å². The van der Waals surface area contributed by atoms with E-state index in [2.05, 4.69) is 22.7 Å². The molecule has 0 aliphatic rings. The fraction of sp³-hybridized carbons (Fsp3) is 0.0667. The molecule has 4 nitrogen and oxygen atoms in total. The fourth-order valence-electron chi connectivity index (χ4n) is 1.67. The highest BCUT2D eigenvalue weighted by Gasteiger charge is 2.07. The van der Waals surface area contributed by atoms with Crippen molar-refractivity contribution in [2.75, 3.05) is 0 Å². The van der Waals surface area contributed by atoms with E-state index >= 15 is 0 Å². The molecule has 7 heteroatoms. The predicted molar refractivity (Wildman–Crippen MR) is 94.8 cm³/mol. The van der Waals surface area contributed by atoms with Gasteiger partial charge in [0.15, 0.2) is 5.11 Å². The highest BCUT2D eigenvalue weighted by atomic mass is 35.5. The van der Waals surface area contributed by atoms with E-state index in [0.29, 0.717) is 28.0 Å². The van der Waals surface area contributed by atoms with E-state index in [4.69, 9.17) is 33.7 Å². The summed E-state index contributed by atoms with van der Waals surface area (Å²) in [5.74, 6) is 0.582. The molecule has 0 fully saturated rings. The first-order chi connectivity index (χ1) is 10.6. The summed E-state index contributed by atoms with van der Waals surface area (Å²) in [6.07, 6.45) is 1.45. The van der Waals surface area contributed by atoms with Gasteiger partial charge in [0, 0.05) is 5.56 Å². The number of hydrogen-bond acceptors (Lipinski definition) is 3. The zero-order valence-electron chi connectivity index (χ0n) is 11.4. The van der Waals surface area contributed by atoms with Gasteiger partial charge in [-0.3, -0.25) is 5.43 Å². The Balaban J connectivity index is 2.09. The quantitative estimate of drug-likeness (QED) is 0.488. The maximum absolute atomic E-state index is 6.18. The smallest absolute Gasteiger partial charge is 0.184 e. The molecule has 0 saturated carbocycles. The maximum atomic E-state index is 6.18. The number of ether oxygens (including phenoxy) is 1. The van der Waals surface area contributed by atoms with Crippen molar-refractivity contribution >= 4 is 46.7 Å². The SMILES string of the molecule is NC(=S)NN=Cc1c(Cl)cc(OCc2ccccc2)cc1Cl. The lowest BCUT2D eigenvalue weighted by Crippen LogP contribution is -2.24. The van der Waals surface area contributed by atoms with Crippen LogP contribution in [0.1, 0.15) is 11.1 Å². The van der Waals surface area contributed by atoms with Gasteiger partial charge in [-0.2, -0.15) is 5.10 Å². The van der Waals surface area contributed by atoms with E-state index in [0.717, 1.165) is 5.56 Å². The van der Waals surface area contributed by atoms with Crippen LogP contribution in [-0.4, -0.2) is 11.3 Å². The van der Waals surface area contributed by atoms with E-state index in [1.807, 2.05) is 30.3 Å². The Hall–Kier alpha value is -1.82. The summed E-state index contributed by atoms with van der Waals surface area (Å²) in [4.78, 5) is 0. The highest BCUT2D eigenvalue weighted by molar-refractivity contribution is 7.80. The Morgan fingerprint density at radius 3 is 2.45 bits per heavy atom. The molecule has 2 aromatic rings. The van der Waals surface area contributed by atoms with Crippen molar-refractivity contribution in [1.82, 2.24) is 5.43 Å². The standard InChI is InChI=1S/C15H13Cl2N3OS/c16-13-6-11(21-9-10-4-2-1-3-5-10)7-14(17)12(13)8-19-20-15(18)22/h1-8H,9H2,(H3,18,20,22). The molecule has 2 aromatic carbocycles. The van der Waals surface area contributed by atoms with Gasteiger partial charge in [0.05, 0.1) is 16.3 Å². The van der Waals surface area contributed by atoms with Crippen LogP contribution < -0.4 is 15.9 Å². The molecule has 0 atom stereocenters. The summed E-state index contributed by atoms with van der Waals surface area (Å²) in [5, 5.41) is 4.74. The Morgan fingerprint density at radius 1 is 1.23 bits per heavy atom. The van der Waals surface area contributed by atoms with Crippen LogP contribution in [-0.2, 0) is 6.61 Å². The average molecular weight is 354 g/mol. The Bertz CT molecular complexity index is 669. The van der Waals surface area contributed by atoms with Gasteiger partial charge in [0.25, 0.3) is 0 Å². The lowest BCUT2D eigenvalue weighted by Gasteiger charge is -2.09. The molecule has 0 radical (unpaired) electrons. The van der Waals surface area contributed by atoms with E-state index in [1.54, 1.807) is 12.1 Å². The van der Waals surface area contributed by atoms with Crippen molar-refractivity contribution in [2.24, 2.45) is 10.8 Å². The number of benzene rings is 2. The first kappa shape index (κ1) is 16.5. The first-order valence-electron chi connectivity index (χ1n) is 6.30. The number of hydrogen-bond donors (Lipinski definition) is 2. The molecule has 0 saturated heterocycles. The van der Waals surface area contributed by atoms with Crippen molar-refractivity contribution < 1.29 is 4.74 Å². The lowest BCUT2D eigenvalue weighted by molar-refractivity contribution is 0.306. The van der Waals surface area contributed by atoms with Crippen molar-refractivity contribution in [3.8, 4) is 5.75 Å². The summed E-state index contributed by atoms with van der Waals surface area (Å²) in [6, 6.07) is 13.2. The monoisotopic (exact) mass is 353 g/mol. The van der Waals surface area contributed by atoms with Gasteiger partial charge in [0.2, 0.25) is 0 Å². The molecule has 0 aliphatic carbocycles. The molecular formula is C15H13Cl2N3OS. The number of hydrazone groups is 1. The van der Waals surface area contributed by atoms with Crippen molar-refractivity contribution in [3.05, 3.63) is 63.6 Å². The summed E-state index contributed by atoms with van der Waals surface area (Å²) in [7, 11) is 0. The number of nitrogens with two attached hydrogens (primary N) is 1. The fourth-order valence-corrected chi connectivity index (χ4v) is 2.29. The van der Waals surface area contributed by atoms with Gasteiger partial charge < -0.3 is 10.5 Å². The van der Waals surface area contributed by atoms with E-state index < -0.39 is 0 Å². The van der Waals surface area contributed by atoms with Gasteiger partial charge in [-0.05, 0) is 29.9 Å². The normalized spacial score (nSPS) is 10.6. The van der Waals surface area contributed by atoms with Gasteiger partial charge >= 0.3 is 0 Å². The van der Waals surface area contributed by atoms with Crippen LogP contribution >= 0.6 is 35.4 Å². The van der Waals surface area contributed by atoms with Crippen LogP contribution in [0.15, 0.2) is 47.6 Å². The number of nitrogens with one attached hydrogen (secondary N) is 1. The van der Waals surface area contributed by atoms with E-state index in [-0.39, 0.29) is 5.11 Å². The van der Waals surface area contributed by atoms with Crippen LogP contribution in [0, 0.1) is 0 Å². The largest absolute Gasteiger partial charge is 0.489 e. The number of rotatable bonds is 5. The average Bonchev–Trinajstić information content (AvgIpc) is 2.49. The van der Waals surface area contributed by atoms with Gasteiger partial charge in [-0.15, -0.1) is 0 Å². The second-order valence-electron chi connectivity index (χ2n) is 4.31. The summed E-state index contributed by atoms with van der Waals surface area (Å²) in [6.45, 7) is 0.434. The Morgan fingerprint density at radius 2 is 1.86 bits per heavy atom. The summed E-state index contributed by atoms with van der Waals surface area (Å²) in [5.41, 5.74) is 9.32. The molecule has 0 amide bonds. The molecule has 3 N–H and O–H groups in total. The van der Waals surface area contributed by atoms with Crippen LogP contribution in [0.4, 0.5) is 0 Å². The van der Waals surface area contributed by atoms with Crippen LogP contribution in [0.25, 0.3) is 0 Å². The molecule has 0 aliphatic heterocycles. The minimum Gasteiger partial charge on any atom is -0.489 e. The molecule has 0 heterocycles. The molecule has 0 bridgehead atoms. The molecule has 0 unspecified atom stereocenters. The molecule has 22 heavy (non-hydrogen) atoms. The maximum Gasteiger partial charge on any atom is 0.184 e.